The second kappa shape index (κ2) is 6.37. The molecule has 1 saturated heterocycles. The number of amides is 2. The van der Waals surface area contributed by atoms with Crippen LogP contribution in [0.15, 0.2) is 30.3 Å². The highest BCUT2D eigenvalue weighted by Crippen LogP contribution is 2.06. The van der Waals surface area contributed by atoms with Gasteiger partial charge in [0.1, 0.15) is 0 Å². The minimum absolute atomic E-state index is 0.103. The Morgan fingerprint density at radius 2 is 2.28 bits per heavy atom. The summed E-state index contributed by atoms with van der Waals surface area (Å²) in [6, 6.07) is 9.56. The van der Waals surface area contributed by atoms with Gasteiger partial charge < -0.3 is 20.3 Å². The molecule has 0 bridgehead atoms. The van der Waals surface area contributed by atoms with Crippen molar-refractivity contribution in [3.05, 3.63) is 30.3 Å². The first kappa shape index (κ1) is 12.9. The van der Waals surface area contributed by atoms with E-state index in [0.717, 1.165) is 18.8 Å². The zero-order valence-corrected chi connectivity index (χ0v) is 10.6. The molecule has 1 fully saturated rings. The van der Waals surface area contributed by atoms with E-state index in [9.17, 15) is 4.79 Å². The predicted molar refractivity (Wildman–Crippen MR) is 70.7 cm³/mol. The smallest absolute Gasteiger partial charge is 0.321 e. The van der Waals surface area contributed by atoms with Gasteiger partial charge in [-0.15, -0.1) is 0 Å². The Kier molecular flexibility index (Phi) is 4.55. The molecule has 1 aliphatic heterocycles. The molecule has 0 saturated carbocycles. The van der Waals surface area contributed by atoms with Crippen LogP contribution in [-0.4, -0.2) is 50.3 Å². The van der Waals surface area contributed by atoms with E-state index >= 15 is 0 Å². The molecule has 0 aliphatic carbocycles. The van der Waals surface area contributed by atoms with Crippen molar-refractivity contribution in [3.63, 3.8) is 0 Å². The van der Waals surface area contributed by atoms with Gasteiger partial charge in [-0.2, -0.15) is 0 Å². The fourth-order valence-corrected chi connectivity index (χ4v) is 1.89. The SMILES string of the molecule is CN(CC1COCCN1)C(=O)Nc1ccccc1. The molecule has 2 N–H and O–H groups in total. The van der Waals surface area contributed by atoms with Crippen LogP contribution in [-0.2, 0) is 4.74 Å². The van der Waals surface area contributed by atoms with Gasteiger partial charge in [-0.25, -0.2) is 4.79 Å². The molecule has 5 nitrogen and oxygen atoms in total. The average Bonchev–Trinajstić information content (AvgIpc) is 2.41. The van der Waals surface area contributed by atoms with Gasteiger partial charge in [0, 0.05) is 31.9 Å². The van der Waals surface area contributed by atoms with Crippen molar-refractivity contribution in [2.24, 2.45) is 0 Å². The molecule has 98 valence electrons. The van der Waals surface area contributed by atoms with Gasteiger partial charge in [0.25, 0.3) is 0 Å². The molecule has 2 amide bonds. The Balaban J connectivity index is 1.81. The Labute approximate surface area is 107 Å². The van der Waals surface area contributed by atoms with Crippen molar-refractivity contribution in [3.8, 4) is 0 Å². The second-order valence-corrected chi connectivity index (χ2v) is 4.40. The molecule has 1 aromatic carbocycles. The summed E-state index contributed by atoms with van der Waals surface area (Å²) in [5.41, 5.74) is 0.808. The fraction of sp³-hybridized carbons (Fsp3) is 0.462. The molecule has 2 rings (SSSR count). The number of hydrogen-bond acceptors (Lipinski definition) is 3. The molecular weight excluding hydrogens is 230 g/mol. The van der Waals surface area contributed by atoms with E-state index in [0.29, 0.717) is 13.2 Å². The molecule has 1 atom stereocenters. The maximum atomic E-state index is 11.9. The van der Waals surface area contributed by atoms with Gasteiger partial charge in [0.05, 0.1) is 13.2 Å². The number of benzene rings is 1. The highest BCUT2D eigenvalue weighted by atomic mass is 16.5. The third-order valence-corrected chi connectivity index (χ3v) is 2.86. The van der Waals surface area contributed by atoms with E-state index in [1.54, 1.807) is 11.9 Å². The lowest BCUT2D eigenvalue weighted by Gasteiger charge is -2.28. The Morgan fingerprint density at radius 1 is 1.50 bits per heavy atom. The maximum absolute atomic E-state index is 11.9. The molecule has 1 unspecified atom stereocenters. The molecule has 0 spiro atoms. The van der Waals surface area contributed by atoms with Crippen molar-refractivity contribution >= 4 is 11.7 Å². The number of nitrogens with zero attached hydrogens (tertiary/aromatic N) is 1. The van der Waals surface area contributed by atoms with Gasteiger partial charge in [0.15, 0.2) is 0 Å². The number of carbonyl (C=O) groups is 1. The highest BCUT2D eigenvalue weighted by Gasteiger charge is 2.17. The number of para-hydroxylation sites is 1. The maximum Gasteiger partial charge on any atom is 0.321 e. The first-order chi connectivity index (χ1) is 8.75. The van der Waals surface area contributed by atoms with E-state index in [-0.39, 0.29) is 12.1 Å². The van der Waals surface area contributed by atoms with Gasteiger partial charge in [-0.3, -0.25) is 0 Å². The summed E-state index contributed by atoms with van der Waals surface area (Å²) < 4.78 is 5.36. The Bertz CT molecular complexity index is 377. The molecule has 1 heterocycles. The average molecular weight is 249 g/mol. The number of carbonyl (C=O) groups excluding carboxylic acids is 1. The summed E-state index contributed by atoms with van der Waals surface area (Å²) >= 11 is 0. The van der Waals surface area contributed by atoms with Crippen LogP contribution >= 0.6 is 0 Å². The zero-order chi connectivity index (χ0) is 12.8. The van der Waals surface area contributed by atoms with Crippen LogP contribution in [0.25, 0.3) is 0 Å². The number of likely N-dealkylation sites (N-methyl/N-ethyl adjacent to an activating group) is 1. The standard InChI is InChI=1S/C13H19N3O2/c1-16(9-12-10-18-8-7-14-12)13(17)15-11-5-3-2-4-6-11/h2-6,12,14H,7-10H2,1H3,(H,15,17). The quantitative estimate of drug-likeness (QED) is 0.844. The predicted octanol–water partition coefficient (Wildman–Crippen LogP) is 1.14. The van der Waals surface area contributed by atoms with Crippen molar-refractivity contribution in [2.45, 2.75) is 6.04 Å². The lowest BCUT2D eigenvalue weighted by molar-refractivity contribution is 0.0691. The number of urea groups is 1. The summed E-state index contributed by atoms with van der Waals surface area (Å²) in [7, 11) is 1.79. The first-order valence-corrected chi connectivity index (χ1v) is 6.14. The molecule has 0 aromatic heterocycles. The van der Waals surface area contributed by atoms with Crippen molar-refractivity contribution in [2.75, 3.05) is 38.7 Å². The van der Waals surface area contributed by atoms with E-state index in [1.165, 1.54) is 0 Å². The fourth-order valence-electron chi connectivity index (χ4n) is 1.89. The van der Waals surface area contributed by atoms with Gasteiger partial charge in [-0.05, 0) is 12.1 Å². The molecule has 18 heavy (non-hydrogen) atoms. The third-order valence-electron chi connectivity index (χ3n) is 2.86. The molecule has 1 aliphatic rings. The largest absolute Gasteiger partial charge is 0.378 e. The molecule has 1 aromatic rings. The number of nitrogens with one attached hydrogen (secondary N) is 2. The van der Waals surface area contributed by atoms with Gasteiger partial charge >= 0.3 is 6.03 Å². The van der Waals surface area contributed by atoms with E-state index < -0.39 is 0 Å². The minimum atomic E-state index is -0.103. The number of morpholine rings is 1. The molecule has 5 heteroatoms. The van der Waals surface area contributed by atoms with Crippen LogP contribution in [0.3, 0.4) is 0 Å². The lowest BCUT2D eigenvalue weighted by Crippen LogP contribution is -2.49. The third kappa shape index (κ3) is 3.72. The Hall–Kier alpha value is -1.59. The monoisotopic (exact) mass is 249 g/mol. The van der Waals surface area contributed by atoms with E-state index in [2.05, 4.69) is 10.6 Å². The summed E-state index contributed by atoms with van der Waals surface area (Å²) in [5.74, 6) is 0. The number of anilines is 1. The van der Waals surface area contributed by atoms with Crippen LogP contribution in [0.5, 0.6) is 0 Å². The van der Waals surface area contributed by atoms with E-state index in [1.807, 2.05) is 30.3 Å². The number of rotatable bonds is 3. The minimum Gasteiger partial charge on any atom is -0.378 e. The zero-order valence-electron chi connectivity index (χ0n) is 10.6. The topological polar surface area (TPSA) is 53.6 Å². The summed E-state index contributed by atoms with van der Waals surface area (Å²) in [6.07, 6.45) is 0. The first-order valence-electron chi connectivity index (χ1n) is 6.14. The van der Waals surface area contributed by atoms with Crippen LogP contribution in [0.2, 0.25) is 0 Å². The summed E-state index contributed by atoms with van der Waals surface area (Å²) in [4.78, 5) is 13.6. The summed E-state index contributed by atoms with van der Waals surface area (Å²) in [5, 5.41) is 6.17. The van der Waals surface area contributed by atoms with Crippen LogP contribution < -0.4 is 10.6 Å². The van der Waals surface area contributed by atoms with E-state index in [4.69, 9.17) is 4.74 Å². The second-order valence-electron chi connectivity index (χ2n) is 4.40. The lowest BCUT2D eigenvalue weighted by atomic mass is 10.2. The summed E-state index contributed by atoms with van der Waals surface area (Å²) in [6.45, 7) is 2.89. The van der Waals surface area contributed by atoms with Crippen LogP contribution in [0, 0.1) is 0 Å². The number of ether oxygens (including phenoxy) is 1. The van der Waals surface area contributed by atoms with Crippen LogP contribution in [0.4, 0.5) is 10.5 Å². The van der Waals surface area contributed by atoms with Gasteiger partial charge in [-0.1, -0.05) is 18.2 Å². The van der Waals surface area contributed by atoms with Crippen molar-refractivity contribution in [1.82, 2.24) is 10.2 Å². The highest BCUT2D eigenvalue weighted by molar-refractivity contribution is 5.89. The Morgan fingerprint density at radius 3 is 2.94 bits per heavy atom. The van der Waals surface area contributed by atoms with Crippen LogP contribution in [0.1, 0.15) is 0 Å². The number of hydrogen-bond donors (Lipinski definition) is 2. The van der Waals surface area contributed by atoms with Crippen molar-refractivity contribution in [1.29, 1.82) is 0 Å². The molecular formula is C13H19N3O2. The molecule has 0 radical (unpaired) electrons. The van der Waals surface area contributed by atoms with Gasteiger partial charge in [0.2, 0.25) is 0 Å². The normalized spacial score (nSPS) is 19.3. The van der Waals surface area contributed by atoms with Crippen molar-refractivity contribution < 1.29 is 9.53 Å².